The zero-order valence-corrected chi connectivity index (χ0v) is 42.9. The van der Waals surface area contributed by atoms with Crippen LogP contribution in [-0.4, -0.2) is 4.48 Å². The van der Waals surface area contributed by atoms with E-state index >= 15 is 0 Å². The molecular formula is C74H60N+. The minimum Gasteiger partial charge on any atom is -0.309 e. The van der Waals surface area contributed by atoms with Crippen molar-refractivity contribution in [2.75, 3.05) is 0 Å². The molecule has 75 heavy (non-hydrogen) atoms. The number of quaternary nitrogens is 1. The summed E-state index contributed by atoms with van der Waals surface area (Å²) >= 11 is 0. The first-order valence-electron chi connectivity index (χ1n) is 26.8. The first-order valence-corrected chi connectivity index (χ1v) is 26.8. The van der Waals surface area contributed by atoms with E-state index in [-0.39, 0.29) is 0 Å². The smallest absolute Gasteiger partial charge is 0.106 e. The molecule has 1 spiro atoms. The third-order valence-electron chi connectivity index (χ3n) is 16.2. The molecule has 0 radical (unpaired) electrons. The molecule has 0 aromatic heterocycles. The van der Waals surface area contributed by atoms with Crippen LogP contribution in [0.1, 0.15) is 64.8 Å². The summed E-state index contributed by atoms with van der Waals surface area (Å²) < 4.78 is 0.855. The molecule has 1 heteroatoms. The van der Waals surface area contributed by atoms with Crippen molar-refractivity contribution in [1.29, 1.82) is 0 Å². The molecule has 0 saturated heterocycles. The summed E-state index contributed by atoms with van der Waals surface area (Å²) in [6.07, 6.45) is 19.7. The molecule has 2 heterocycles. The fraction of sp³-hybridized carbons (Fsp3) is 0.108. The Labute approximate surface area is 442 Å². The number of benzene rings is 10. The molecule has 0 N–H and O–H groups in total. The zero-order chi connectivity index (χ0) is 50.3. The van der Waals surface area contributed by atoms with Crippen molar-refractivity contribution in [1.82, 2.24) is 0 Å². The fourth-order valence-corrected chi connectivity index (χ4v) is 12.8. The van der Waals surface area contributed by atoms with Crippen LogP contribution in [0.3, 0.4) is 0 Å². The van der Waals surface area contributed by atoms with Crippen LogP contribution in [-0.2, 0) is 32.6 Å². The Morgan fingerprint density at radius 3 is 1.73 bits per heavy atom. The average Bonchev–Trinajstić information content (AvgIpc) is 3.95. The van der Waals surface area contributed by atoms with Gasteiger partial charge in [-0.1, -0.05) is 231 Å². The van der Waals surface area contributed by atoms with Gasteiger partial charge in [-0.3, -0.25) is 0 Å². The van der Waals surface area contributed by atoms with Gasteiger partial charge in [-0.05, 0) is 162 Å². The van der Waals surface area contributed by atoms with E-state index < -0.39 is 0 Å². The van der Waals surface area contributed by atoms with Gasteiger partial charge in [0.1, 0.15) is 26.2 Å². The number of nitrogens with zero attached hydrogens (tertiary/aromatic N) is 1. The maximum absolute atomic E-state index is 2.47. The van der Waals surface area contributed by atoms with Crippen LogP contribution in [0.2, 0.25) is 0 Å². The van der Waals surface area contributed by atoms with Crippen LogP contribution in [0.5, 0.6) is 0 Å². The van der Waals surface area contributed by atoms with E-state index in [1.54, 1.807) is 0 Å². The molecular weight excluding hydrogens is 903 g/mol. The highest BCUT2D eigenvalue weighted by molar-refractivity contribution is 6.08. The van der Waals surface area contributed by atoms with E-state index in [1.165, 1.54) is 133 Å². The Morgan fingerprint density at radius 1 is 0.467 bits per heavy atom. The summed E-state index contributed by atoms with van der Waals surface area (Å²) in [5.41, 5.74) is 26.3. The van der Waals surface area contributed by atoms with Crippen LogP contribution in [0.25, 0.3) is 88.3 Å². The second-order valence-electron chi connectivity index (χ2n) is 20.9. The number of rotatable bonds is 8. The molecule has 2 aliphatic heterocycles. The van der Waals surface area contributed by atoms with Gasteiger partial charge in [-0.2, -0.15) is 0 Å². The molecule has 1 nitrogen and oxygen atoms in total. The summed E-state index contributed by atoms with van der Waals surface area (Å²) in [6, 6.07) is 78.6. The van der Waals surface area contributed by atoms with Crippen molar-refractivity contribution < 1.29 is 4.48 Å². The molecule has 3 aliphatic rings. The van der Waals surface area contributed by atoms with Gasteiger partial charge >= 0.3 is 0 Å². The van der Waals surface area contributed by atoms with Gasteiger partial charge in [-0.25, -0.2) is 0 Å². The van der Waals surface area contributed by atoms with Crippen molar-refractivity contribution in [3.8, 4) is 55.6 Å². The highest BCUT2D eigenvalue weighted by Gasteiger charge is 2.40. The summed E-state index contributed by atoms with van der Waals surface area (Å²) in [7, 11) is 0. The van der Waals surface area contributed by atoms with E-state index in [2.05, 4.69) is 269 Å². The third kappa shape index (κ3) is 8.74. The van der Waals surface area contributed by atoms with Gasteiger partial charge in [0.15, 0.2) is 0 Å². The first-order chi connectivity index (χ1) is 37.0. The fourth-order valence-electron chi connectivity index (χ4n) is 12.8. The lowest BCUT2D eigenvalue weighted by molar-refractivity contribution is -0.977. The van der Waals surface area contributed by atoms with Crippen LogP contribution in [0, 0.1) is 0 Å². The summed E-state index contributed by atoms with van der Waals surface area (Å²) in [5.74, 6) is 0. The van der Waals surface area contributed by atoms with Crippen molar-refractivity contribution in [3.05, 3.63) is 299 Å². The lowest BCUT2D eigenvalue weighted by atomic mass is 9.86. The van der Waals surface area contributed by atoms with Crippen molar-refractivity contribution in [2.45, 2.75) is 52.9 Å². The predicted molar refractivity (Wildman–Crippen MR) is 319 cm³/mol. The number of hydrogen-bond acceptors (Lipinski definition) is 0. The molecule has 0 fully saturated rings. The number of hydrogen-bond donors (Lipinski definition) is 0. The van der Waals surface area contributed by atoms with Crippen LogP contribution < -0.4 is 0 Å². The average molecular weight is 963 g/mol. The highest BCUT2D eigenvalue weighted by Crippen LogP contribution is 2.50. The van der Waals surface area contributed by atoms with Crippen LogP contribution >= 0.6 is 0 Å². The molecule has 0 atom stereocenters. The largest absolute Gasteiger partial charge is 0.309 e. The molecule has 10 aromatic carbocycles. The molecule has 360 valence electrons. The Morgan fingerprint density at radius 2 is 1.05 bits per heavy atom. The lowest BCUT2D eigenvalue weighted by Crippen LogP contribution is -2.44. The van der Waals surface area contributed by atoms with E-state index in [1.807, 2.05) is 0 Å². The molecule has 10 aromatic rings. The van der Waals surface area contributed by atoms with E-state index in [9.17, 15) is 0 Å². The van der Waals surface area contributed by atoms with E-state index in [4.69, 9.17) is 0 Å². The topological polar surface area (TPSA) is 0 Å². The SMILES string of the molecule is C/C=C\C(=C/C)c1cc(Cc2cccc3c2C[N+]2(Cc4ccc5ccccc5c4-c4c(ccc5ccccc45)C2)Cc2c(-c4cc(C5=CC=CCC=C5)cc(-c5ccccc5)c4)cccc2-3)cc(-c2ccccc2)c1. The predicted octanol–water partition coefficient (Wildman–Crippen LogP) is 19.3. The maximum atomic E-state index is 2.47. The van der Waals surface area contributed by atoms with Crippen molar-refractivity contribution in [3.63, 3.8) is 0 Å². The van der Waals surface area contributed by atoms with Crippen molar-refractivity contribution >= 4 is 32.7 Å². The Hall–Kier alpha value is -8.62. The Bertz CT molecular complexity index is 3920. The standard InChI is InChI=1S/C74H60N/c1-3-21-52(4-2)61-41-51(42-62(43-61)53-24-11-7-12-25-53)40-58-30-19-34-69-70-35-20-33-66(65-45-63(54-22-9-5-6-10-23-54)44-64(46-65)55-26-13-8-14-27-55)72(70)50-75(49-71(58)69)47-59-38-36-56-28-15-17-31-67(56)73(59)74-60(48-75)39-37-57-29-16-18-32-68(57)74/h3-5,7-39,41-46H,6,40,47-50H2,1-2H3/q+1/b21-3-,52-4+. The molecule has 13 rings (SSSR count). The second kappa shape index (κ2) is 19.7. The van der Waals surface area contributed by atoms with Crippen molar-refractivity contribution in [2.24, 2.45) is 0 Å². The quantitative estimate of drug-likeness (QED) is 0.105. The lowest BCUT2D eigenvalue weighted by Gasteiger charge is -2.38. The Kier molecular flexibility index (Phi) is 12.1. The van der Waals surface area contributed by atoms with Gasteiger partial charge in [-0.15, -0.1) is 0 Å². The molecule has 0 unspecified atom stereocenters. The summed E-state index contributed by atoms with van der Waals surface area (Å²) in [5, 5.41) is 5.24. The van der Waals surface area contributed by atoms with Gasteiger partial charge in [0.2, 0.25) is 0 Å². The highest BCUT2D eigenvalue weighted by atomic mass is 15.4. The van der Waals surface area contributed by atoms with Gasteiger partial charge in [0, 0.05) is 22.3 Å². The van der Waals surface area contributed by atoms with E-state index in [0.29, 0.717) is 0 Å². The monoisotopic (exact) mass is 962 g/mol. The molecule has 0 bridgehead atoms. The third-order valence-corrected chi connectivity index (χ3v) is 16.2. The van der Waals surface area contributed by atoms with E-state index in [0.717, 1.165) is 43.5 Å². The summed E-state index contributed by atoms with van der Waals surface area (Å²) in [6.45, 7) is 7.82. The van der Waals surface area contributed by atoms with Crippen LogP contribution in [0.15, 0.2) is 255 Å². The molecule has 0 amide bonds. The zero-order valence-electron chi connectivity index (χ0n) is 42.9. The Balaban J connectivity index is 1.06. The minimum absolute atomic E-state index is 0.820. The normalized spacial score (nSPS) is 14.7. The summed E-state index contributed by atoms with van der Waals surface area (Å²) in [4.78, 5) is 0. The van der Waals surface area contributed by atoms with Gasteiger partial charge < -0.3 is 4.48 Å². The maximum Gasteiger partial charge on any atom is 0.106 e. The van der Waals surface area contributed by atoms with Crippen LogP contribution in [0.4, 0.5) is 0 Å². The van der Waals surface area contributed by atoms with Gasteiger partial charge in [0.05, 0.1) is 0 Å². The number of allylic oxidation sites excluding steroid dienone is 10. The van der Waals surface area contributed by atoms with Gasteiger partial charge in [0.25, 0.3) is 0 Å². The minimum atomic E-state index is 0.820. The first kappa shape index (κ1) is 46.2. The molecule has 1 aliphatic carbocycles. The molecule has 0 saturated carbocycles. The number of fused-ring (bicyclic) bond motifs is 10. The second-order valence-corrected chi connectivity index (χ2v) is 20.9.